The summed E-state index contributed by atoms with van der Waals surface area (Å²) in [5, 5.41) is 2.83. The molecule has 5 heteroatoms. The van der Waals surface area contributed by atoms with Gasteiger partial charge in [-0.25, -0.2) is 4.39 Å². The number of alkyl halides is 1. The lowest BCUT2D eigenvalue weighted by Crippen LogP contribution is -2.57. The van der Waals surface area contributed by atoms with Gasteiger partial charge in [0.15, 0.2) is 0 Å². The molecule has 1 heterocycles. The number of fused-ring (bicyclic) bond motifs is 1. The minimum atomic E-state index is -0.953. The number of nitrogens with zero attached hydrogens (tertiary/aromatic N) is 1. The summed E-state index contributed by atoms with van der Waals surface area (Å²) in [4.78, 5) is 26.5. The first-order valence-corrected chi connectivity index (χ1v) is 6.89. The van der Waals surface area contributed by atoms with Crippen molar-refractivity contribution in [2.24, 2.45) is 0 Å². The molecule has 1 aromatic carbocycles. The molecule has 0 saturated heterocycles. The van der Waals surface area contributed by atoms with Gasteiger partial charge in [-0.3, -0.25) is 9.59 Å². The Morgan fingerprint density at radius 2 is 1.85 bits per heavy atom. The number of para-hydroxylation sites is 1. The van der Waals surface area contributed by atoms with Crippen LogP contribution in [0.3, 0.4) is 0 Å². The summed E-state index contributed by atoms with van der Waals surface area (Å²) in [5.41, 5.74) is -0.0554. The average Bonchev–Trinajstić information content (AvgIpc) is 2.57. The Morgan fingerprint density at radius 1 is 1.20 bits per heavy atom. The molecule has 0 fully saturated rings. The molecular weight excluding hydrogens is 259 g/mol. The molecule has 108 valence electrons. The fourth-order valence-corrected chi connectivity index (χ4v) is 2.64. The Morgan fingerprint density at radius 3 is 2.45 bits per heavy atom. The van der Waals surface area contributed by atoms with Gasteiger partial charge >= 0.3 is 0 Å². The fraction of sp³-hybridized carbons (Fsp3) is 0.467. The quantitative estimate of drug-likeness (QED) is 0.918. The van der Waals surface area contributed by atoms with E-state index in [9.17, 15) is 14.0 Å². The third-order valence-corrected chi connectivity index (χ3v) is 3.96. The van der Waals surface area contributed by atoms with Gasteiger partial charge in [0.25, 0.3) is 11.8 Å². The molecule has 0 atom stereocenters. The number of hydrogen-bond acceptors (Lipinski definition) is 2. The molecule has 4 nitrogen and oxygen atoms in total. The monoisotopic (exact) mass is 278 g/mol. The second-order valence-corrected chi connectivity index (χ2v) is 4.91. The molecule has 1 aromatic rings. The molecule has 0 saturated carbocycles. The van der Waals surface area contributed by atoms with Gasteiger partial charge in [-0.2, -0.15) is 0 Å². The molecule has 0 bridgehead atoms. The van der Waals surface area contributed by atoms with Crippen molar-refractivity contribution in [3.05, 3.63) is 29.8 Å². The molecular formula is C15H19FN2O2. The number of carbonyl (C=O) groups excluding carboxylic acids is 2. The van der Waals surface area contributed by atoms with E-state index < -0.39 is 12.2 Å². The minimum Gasteiger partial charge on any atom is -0.338 e. The second-order valence-electron chi connectivity index (χ2n) is 4.91. The first-order chi connectivity index (χ1) is 9.59. The highest BCUT2D eigenvalue weighted by Crippen LogP contribution is 2.30. The SMILES string of the molecule is CCC1(CC)NC(=O)c2ccccc2N(CCF)C1=O. The first-order valence-electron chi connectivity index (χ1n) is 6.89. The Labute approximate surface area is 118 Å². The molecule has 20 heavy (non-hydrogen) atoms. The minimum absolute atomic E-state index is 0.0352. The van der Waals surface area contributed by atoms with Crippen LogP contribution in [-0.4, -0.2) is 30.6 Å². The van der Waals surface area contributed by atoms with Crippen LogP contribution in [0.15, 0.2) is 24.3 Å². The van der Waals surface area contributed by atoms with Crippen molar-refractivity contribution in [3.63, 3.8) is 0 Å². The third-order valence-electron chi connectivity index (χ3n) is 3.96. The fourth-order valence-electron chi connectivity index (χ4n) is 2.64. The summed E-state index contributed by atoms with van der Waals surface area (Å²) in [6.07, 6.45) is 0.954. The van der Waals surface area contributed by atoms with Gasteiger partial charge < -0.3 is 10.2 Å². The summed E-state index contributed by atoms with van der Waals surface area (Å²) < 4.78 is 12.8. The molecule has 1 aliphatic rings. The van der Waals surface area contributed by atoms with Crippen LogP contribution in [0.25, 0.3) is 0 Å². The molecule has 1 N–H and O–H groups in total. The van der Waals surface area contributed by atoms with Crippen LogP contribution in [-0.2, 0) is 4.79 Å². The Balaban J connectivity index is 2.59. The molecule has 0 spiro atoms. The van der Waals surface area contributed by atoms with E-state index in [0.29, 0.717) is 24.1 Å². The number of halogens is 1. The molecule has 2 amide bonds. The molecule has 0 aromatic heterocycles. The molecule has 1 aliphatic heterocycles. The van der Waals surface area contributed by atoms with Crippen LogP contribution >= 0.6 is 0 Å². The van der Waals surface area contributed by atoms with Gasteiger partial charge in [0.05, 0.1) is 17.8 Å². The molecule has 0 aliphatic carbocycles. The van der Waals surface area contributed by atoms with Gasteiger partial charge in [0.1, 0.15) is 12.2 Å². The highest BCUT2D eigenvalue weighted by atomic mass is 19.1. The zero-order valence-electron chi connectivity index (χ0n) is 11.8. The summed E-state index contributed by atoms with van der Waals surface area (Å²) in [7, 11) is 0. The van der Waals surface area contributed by atoms with Gasteiger partial charge in [0.2, 0.25) is 0 Å². The van der Waals surface area contributed by atoms with Gasteiger partial charge in [0, 0.05) is 0 Å². The zero-order valence-corrected chi connectivity index (χ0v) is 11.8. The van der Waals surface area contributed by atoms with Crippen molar-refractivity contribution in [2.75, 3.05) is 18.1 Å². The standard InChI is InChI=1S/C15H19FN2O2/c1-3-15(4-2)14(20)18(10-9-16)12-8-6-5-7-11(12)13(19)17-15/h5-8H,3-4,9-10H2,1-2H3,(H,17,19). The van der Waals surface area contributed by atoms with Crippen molar-refractivity contribution < 1.29 is 14.0 Å². The van der Waals surface area contributed by atoms with Crippen LogP contribution < -0.4 is 10.2 Å². The number of carbonyl (C=O) groups is 2. The first kappa shape index (κ1) is 14.5. The maximum absolute atomic E-state index is 12.8. The molecule has 0 radical (unpaired) electrons. The van der Waals surface area contributed by atoms with Crippen molar-refractivity contribution in [1.29, 1.82) is 0 Å². The Bertz CT molecular complexity index is 526. The maximum Gasteiger partial charge on any atom is 0.254 e. The largest absolute Gasteiger partial charge is 0.338 e. The summed E-state index contributed by atoms with van der Waals surface area (Å²) in [6.45, 7) is 3.03. The van der Waals surface area contributed by atoms with Crippen molar-refractivity contribution >= 4 is 17.5 Å². The van der Waals surface area contributed by atoms with Gasteiger partial charge in [-0.15, -0.1) is 0 Å². The Kier molecular flexibility index (Phi) is 4.06. The molecule has 0 unspecified atom stereocenters. The predicted octanol–water partition coefficient (Wildman–Crippen LogP) is 2.29. The number of amides is 2. The van der Waals surface area contributed by atoms with Crippen molar-refractivity contribution in [3.8, 4) is 0 Å². The van der Waals surface area contributed by atoms with E-state index >= 15 is 0 Å². The van der Waals surface area contributed by atoms with E-state index in [1.807, 2.05) is 13.8 Å². The van der Waals surface area contributed by atoms with E-state index in [1.54, 1.807) is 24.3 Å². The topological polar surface area (TPSA) is 49.4 Å². The third kappa shape index (κ3) is 2.17. The van der Waals surface area contributed by atoms with Crippen molar-refractivity contribution in [1.82, 2.24) is 5.32 Å². The van der Waals surface area contributed by atoms with E-state index in [0.717, 1.165) is 0 Å². The molecule has 2 rings (SSSR count). The number of hydrogen-bond donors (Lipinski definition) is 1. The number of anilines is 1. The van der Waals surface area contributed by atoms with E-state index in [1.165, 1.54) is 4.90 Å². The smallest absolute Gasteiger partial charge is 0.254 e. The van der Waals surface area contributed by atoms with Gasteiger partial charge in [-0.05, 0) is 25.0 Å². The predicted molar refractivity (Wildman–Crippen MR) is 75.5 cm³/mol. The zero-order chi connectivity index (χ0) is 14.8. The lowest BCUT2D eigenvalue weighted by Gasteiger charge is -2.33. The Hall–Kier alpha value is -1.91. The lowest BCUT2D eigenvalue weighted by atomic mass is 9.91. The highest BCUT2D eigenvalue weighted by Gasteiger charge is 2.43. The highest BCUT2D eigenvalue weighted by molar-refractivity contribution is 6.12. The number of benzene rings is 1. The van der Waals surface area contributed by atoms with E-state index in [-0.39, 0.29) is 18.4 Å². The maximum atomic E-state index is 12.8. The van der Waals surface area contributed by atoms with Crippen LogP contribution in [0.1, 0.15) is 37.0 Å². The van der Waals surface area contributed by atoms with Crippen molar-refractivity contribution in [2.45, 2.75) is 32.2 Å². The second kappa shape index (κ2) is 5.61. The van der Waals surface area contributed by atoms with Crippen LogP contribution in [0.2, 0.25) is 0 Å². The number of rotatable bonds is 4. The van der Waals surface area contributed by atoms with Crippen LogP contribution in [0.4, 0.5) is 10.1 Å². The average molecular weight is 278 g/mol. The lowest BCUT2D eigenvalue weighted by molar-refractivity contribution is -0.125. The normalized spacial score (nSPS) is 17.4. The van der Waals surface area contributed by atoms with E-state index in [4.69, 9.17) is 0 Å². The number of nitrogens with one attached hydrogen (secondary N) is 1. The van der Waals surface area contributed by atoms with E-state index in [2.05, 4.69) is 5.32 Å². The summed E-state index contributed by atoms with van der Waals surface area (Å²) in [5.74, 6) is -0.516. The summed E-state index contributed by atoms with van der Waals surface area (Å²) >= 11 is 0. The van der Waals surface area contributed by atoms with Gasteiger partial charge in [-0.1, -0.05) is 26.0 Å². The van der Waals surface area contributed by atoms with Crippen LogP contribution in [0.5, 0.6) is 0 Å². The van der Waals surface area contributed by atoms with Crippen LogP contribution in [0, 0.1) is 0 Å². The summed E-state index contributed by atoms with van der Waals surface area (Å²) in [6, 6.07) is 6.82.